The van der Waals surface area contributed by atoms with Gasteiger partial charge in [-0.2, -0.15) is 0 Å². The van der Waals surface area contributed by atoms with Gasteiger partial charge in [-0.25, -0.2) is 4.98 Å². The molecule has 1 aliphatic heterocycles. The van der Waals surface area contributed by atoms with Crippen molar-refractivity contribution >= 4 is 21.8 Å². The van der Waals surface area contributed by atoms with Gasteiger partial charge in [0, 0.05) is 28.3 Å². The molecule has 4 nitrogen and oxygen atoms in total. The minimum atomic E-state index is -0.476. The van der Waals surface area contributed by atoms with Crippen molar-refractivity contribution in [2.75, 3.05) is 0 Å². The highest BCUT2D eigenvalue weighted by Crippen LogP contribution is 2.61. The Bertz CT molecular complexity index is 2900. The number of benzene rings is 7. The third-order valence-electron chi connectivity index (χ3n) is 11.3. The molecule has 0 saturated heterocycles. The molecule has 2 aliphatic rings. The predicted octanol–water partition coefficient (Wildman–Crippen LogP) is 11.2. The number of fused-ring (bicyclic) bond motifs is 12. The summed E-state index contributed by atoms with van der Waals surface area (Å²) in [5.41, 5.74) is 17.0. The molecule has 1 spiro atoms. The molecule has 11 rings (SSSR count). The van der Waals surface area contributed by atoms with Gasteiger partial charge in [0.1, 0.15) is 11.4 Å². The summed E-state index contributed by atoms with van der Waals surface area (Å²) in [6, 6.07) is 59.8. The Hall–Kier alpha value is -6.65. The first-order valence-electron chi connectivity index (χ1n) is 18.0. The van der Waals surface area contributed by atoms with Crippen molar-refractivity contribution in [2.45, 2.75) is 18.8 Å². The number of hydrogen-bond donors (Lipinski definition) is 0. The molecule has 0 saturated carbocycles. The van der Waals surface area contributed by atoms with Crippen molar-refractivity contribution < 1.29 is 0 Å². The third-order valence-corrected chi connectivity index (χ3v) is 11.3. The minimum Gasteiger partial charge on any atom is -0.309 e. The highest BCUT2D eigenvalue weighted by Gasteiger charge is 2.50. The average Bonchev–Trinajstić information content (AvgIpc) is 3.71. The Kier molecular flexibility index (Phi) is 6.12. The topological polar surface area (TPSA) is 43.6 Å². The summed E-state index contributed by atoms with van der Waals surface area (Å²) in [6.45, 7) is 2.07. The number of aryl methyl sites for hydroxylation is 1. The van der Waals surface area contributed by atoms with E-state index in [9.17, 15) is 0 Å². The van der Waals surface area contributed by atoms with Gasteiger partial charge in [0.2, 0.25) is 0 Å². The Morgan fingerprint density at radius 3 is 2.02 bits per heavy atom. The van der Waals surface area contributed by atoms with Crippen LogP contribution in [-0.2, 0) is 11.8 Å². The van der Waals surface area contributed by atoms with Gasteiger partial charge in [0.15, 0.2) is 5.82 Å². The third kappa shape index (κ3) is 3.78. The first kappa shape index (κ1) is 29.1. The van der Waals surface area contributed by atoms with Crippen LogP contribution in [0.1, 0.15) is 35.0 Å². The van der Waals surface area contributed by atoms with Crippen molar-refractivity contribution in [1.29, 1.82) is 0 Å². The van der Waals surface area contributed by atoms with Crippen molar-refractivity contribution in [3.8, 4) is 50.5 Å². The molecule has 1 aliphatic carbocycles. The smallest absolute Gasteiger partial charge is 0.151 e. The molecule has 0 radical (unpaired) electrons. The van der Waals surface area contributed by atoms with E-state index in [2.05, 4.69) is 174 Å². The van der Waals surface area contributed by atoms with E-state index in [0.29, 0.717) is 0 Å². The van der Waals surface area contributed by atoms with Crippen LogP contribution in [0.15, 0.2) is 164 Å². The SMILES string of the molecule is CCc1nnc(-c2ccccc2-c2ccc3c(c2)-c2ccccc2C32c3ccccc3-n3c4ccccc4c4cccc2c43)c(-c2ccccc2)n1. The van der Waals surface area contributed by atoms with Crippen LogP contribution in [0.4, 0.5) is 0 Å². The van der Waals surface area contributed by atoms with E-state index in [1.165, 1.54) is 60.9 Å². The summed E-state index contributed by atoms with van der Waals surface area (Å²) in [5, 5.41) is 12.0. The maximum absolute atomic E-state index is 5.02. The zero-order chi connectivity index (χ0) is 34.4. The number of nitrogens with zero attached hydrogens (tertiary/aromatic N) is 4. The van der Waals surface area contributed by atoms with Crippen molar-refractivity contribution in [3.63, 3.8) is 0 Å². The van der Waals surface area contributed by atoms with E-state index < -0.39 is 5.41 Å². The first-order valence-corrected chi connectivity index (χ1v) is 18.0. The van der Waals surface area contributed by atoms with Gasteiger partial charge in [-0.1, -0.05) is 153 Å². The molecule has 1 atom stereocenters. The summed E-state index contributed by atoms with van der Waals surface area (Å²) in [4.78, 5) is 5.02. The number of hydrogen-bond acceptors (Lipinski definition) is 3. The van der Waals surface area contributed by atoms with E-state index >= 15 is 0 Å². The number of rotatable bonds is 4. The number of aromatic nitrogens is 4. The lowest BCUT2D eigenvalue weighted by molar-refractivity contribution is 0.748. The van der Waals surface area contributed by atoms with Gasteiger partial charge in [-0.3, -0.25) is 0 Å². The molecule has 0 N–H and O–H groups in total. The van der Waals surface area contributed by atoms with Crippen LogP contribution in [0.3, 0.4) is 0 Å². The number of para-hydroxylation sites is 3. The van der Waals surface area contributed by atoms with Crippen LogP contribution >= 0.6 is 0 Å². The van der Waals surface area contributed by atoms with Crippen molar-refractivity contribution in [3.05, 3.63) is 192 Å². The fraction of sp³-hybridized carbons (Fsp3) is 0.0625. The molecule has 244 valence electrons. The zero-order valence-corrected chi connectivity index (χ0v) is 28.6. The maximum atomic E-state index is 5.02. The molecule has 2 aromatic heterocycles. The molecule has 1 unspecified atom stereocenters. The summed E-state index contributed by atoms with van der Waals surface area (Å²) >= 11 is 0. The molecule has 3 heterocycles. The second kappa shape index (κ2) is 10.9. The lowest BCUT2D eigenvalue weighted by Crippen LogP contribution is -2.33. The Morgan fingerprint density at radius 2 is 1.15 bits per heavy atom. The fourth-order valence-corrected chi connectivity index (χ4v) is 9.16. The van der Waals surface area contributed by atoms with Gasteiger partial charge in [0.05, 0.1) is 22.1 Å². The van der Waals surface area contributed by atoms with Gasteiger partial charge in [-0.05, 0) is 62.7 Å². The summed E-state index contributed by atoms with van der Waals surface area (Å²) in [6.07, 6.45) is 0.721. The highest BCUT2D eigenvalue weighted by atomic mass is 15.2. The zero-order valence-electron chi connectivity index (χ0n) is 28.6. The van der Waals surface area contributed by atoms with Gasteiger partial charge < -0.3 is 4.57 Å². The molecule has 7 aromatic carbocycles. The fourth-order valence-electron chi connectivity index (χ4n) is 9.16. The largest absolute Gasteiger partial charge is 0.309 e. The van der Waals surface area contributed by atoms with Crippen LogP contribution in [0.5, 0.6) is 0 Å². The van der Waals surface area contributed by atoms with Gasteiger partial charge in [-0.15, -0.1) is 10.2 Å². The Labute approximate surface area is 301 Å². The lowest BCUT2D eigenvalue weighted by atomic mass is 9.65. The van der Waals surface area contributed by atoms with E-state index in [1.54, 1.807) is 0 Å². The van der Waals surface area contributed by atoms with E-state index in [1.807, 2.05) is 6.07 Å². The molecular formula is C48H32N4. The predicted molar refractivity (Wildman–Crippen MR) is 211 cm³/mol. The van der Waals surface area contributed by atoms with Crippen LogP contribution in [0.2, 0.25) is 0 Å². The van der Waals surface area contributed by atoms with Crippen molar-refractivity contribution in [1.82, 2.24) is 19.7 Å². The summed E-state index contributed by atoms with van der Waals surface area (Å²) < 4.78 is 2.50. The minimum absolute atomic E-state index is 0.476. The molecule has 4 heteroatoms. The maximum Gasteiger partial charge on any atom is 0.151 e. The summed E-state index contributed by atoms with van der Waals surface area (Å²) in [5.74, 6) is 0.737. The summed E-state index contributed by atoms with van der Waals surface area (Å²) in [7, 11) is 0. The molecular weight excluding hydrogens is 633 g/mol. The Morgan fingerprint density at radius 1 is 0.481 bits per heavy atom. The molecule has 0 fully saturated rings. The quantitative estimate of drug-likeness (QED) is 0.188. The Balaban J connectivity index is 1.18. The van der Waals surface area contributed by atoms with Crippen LogP contribution in [0, 0.1) is 0 Å². The second-order valence-corrected chi connectivity index (χ2v) is 13.8. The normalized spacial score (nSPS) is 15.2. The highest BCUT2D eigenvalue weighted by molar-refractivity contribution is 6.13. The average molecular weight is 665 g/mol. The molecule has 0 amide bonds. The van der Waals surface area contributed by atoms with Crippen LogP contribution in [-0.4, -0.2) is 19.7 Å². The first-order chi connectivity index (χ1) is 25.8. The lowest BCUT2D eigenvalue weighted by Gasteiger charge is -2.39. The van der Waals surface area contributed by atoms with Crippen LogP contribution in [0.25, 0.3) is 72.3 Å². The molecule has 9 aromatic rings. The van der Waals surface area contributed by atoms with E-state index in [4.69, 9.17) is 10.1 Å². The standard InChI is InChI=1S/C48H32N4/c1-2-44-49-45(30-15-4-3-5-16-30)46(51-50-44)35-20-7-6-17-32(35)31-27-28-39-37(29-31)33-18-8-10-22-38(33)48(39)40-23-11-13-26-43(40)52-42-25-12-9-19-34(42)36-21-14-24-41(48)47(36)52/h3-29H,2H2,1H3. The monoisotopic (exact) mass is 664 g/mol. The van der Waals surface area contributed by atoms with E-state index in [0.717, 1.165) is 45.9 Å². The van der Waals surface area contributed by atoms with Gasteiger partial charge >= 0.3 is 0 Å². The second-order valence-electron chi connectivity index (χ2n) is 13.8. The van der Waals surface area contributed by atoms with Crippen LogP contribution < -0.4 is 0 Å². The van der Waals surface area contributed by atoms with E-state index in [-0.39, 0.29) is 0 Å². The molecule has 52 heavy (non-hydrogen) atoms. The molecule has 0 bridgehead atoms. The van der Waals surface area contributed by atoms with Crippen molar-refractivity contribution in [2.24, 2.45) is 0 Å². The van der Waals surface area contributed by atoms with Gasteiger partial charge in [0.25, 0.3) is 0 Å².